The number of benzene rings is 1. The first kappa shape index (κ1) is 14.9. The SMILES string of the molecule is CCNC(CSC(C)C)c1ccc(C2CCC2)cc1. The van der Waals surface area contributed by atoms with E-state index in [1.807, 2.05) is 11.8 Å². The minimum Gasteiger partial charge on any atom is -0.310 e. The van der Waals surface area contributed by atoms with E-state index in [-0.39, 0.29) is 0 Å². The van der Waals surface area contributed by atoms with E-state index in [0.29, 0.717) is 11.3 Å². The summed E-state index contributed by atoms with van der Waals surface area (Å²) in [6.45, 7) is 7.77. The molecule has 1 fully saturated rings. The third-order valence-corrected chi connectivity index (χ3v) is 5.15. The van der Waals surface area contributed by atoms with E-state index >= 15 is 0 Å². The van der Waals surface area contributed by atoms with Gasteiger partial charge in [0.15, 0.2) is 0 Å². The first-order valence-electron chi connectivity index (χ1n) is 7.65. The van der Waals surface area contributed by atoms with E-state index < -0.39 is 0 Å². The molecule has 1 unspecified atom stereocenters. The molecular weight excluding hydrogens is 250 g/mol. The van der Waals surface area contributed by atoms with Crippen LogP contribution >= 0.6 is 11.8 Å². The maximum absolute atomic E-state index is 3.61. The van der Waals surface area contributed by atoms with E-state index in [1.165, 1.54) is 24.8 Å². The van der Waals surface area contributed by atoms with Gasteiger partial charge in [0.05, 0.1) is 0 Å². The van der Waals surface area contributed by atoms with Crippen molar-refractivity contribution in [2.24, 2.45) is 0 Å². The Morgan fingerprint density at radius 2 is 1.89 bits per heavy atom. The average Bonchev–Trinajstić information content (AvgIpc) is 2.33. The molecule has 19 heavy (non-hydrogen) atoms. The predicted molar refractivity (Wildman–Crippen MR) is 87.0 cm³/mol. The fraction of sp³-hybridized carbons (Fsp3) is 0.647. The summed E-state index contributed by atoms with van der Waals surface area (Å²) < 4.78 is 0. The Bertz CT molecular complexity index is 367. The monoisotopic (exact) mass is 277 g/mol. The molecule has 1 nitrogen and oxygen atoms in total. The van der Waals surface area contributed by atoms with Gasteiger partial charge in [-0.3, -0.25) is 0 Å². The fourth-order valence-electron chi connectivity index (χ4n) is 2.55. The summed E-state index contributed by atoms with van der Waals surface area (Å²) in [5.74, 6) is 2.01. The Morgan fingerprint density at radius 3 is 2.37 bits per heavy atom. The van der Waals surface area contributed by atoms with Crippen LogP contribution in [0.5, 0.6) is 0 Å². The topological polar surface area (TPSA) is 12.0 Å². The highest BCUT2D eigenvalue weighted by Crippen LogP contribution is 2.36. The van der Waals surface area contributed by atoms with Crippen molar-refractivity contribution in [3.8, 4) is 0 Å². The molecule has 1 atom stereocenters. The van der Waals surface area contributed by atoms with Crippen LogP contribution in [0, 0.1) is 0 Å². The molecule has 1 aromatic carbocycles. The molecule has 0 bridgehead atoms. The summed E-state index contributed by atoms with van der Waals surface area (Å²) in [6, 6.07) is 9.87. The number of thioether (sulfide) groups is 1. The molecule has 0 heterocycles. The van der Waals surface area contributed by atoms with Crippen molar-refractivity contribution in [2.45, 2.75) is 57.2 Å². The summed E-state index contributed by atoms with van der Waals surface area (Å²) in [4.78, 5) is 0. The van der Waals surface area contributed by atoms with Crippen LogP contribution in [0.2, 0.25) is 0 Å². The van der Waals surface area contributed by atoms with Crippen molar-refractivity contribution in [1.29, 1.82) is 0 Å². The highest BCUT2D eigenvalue weighted by atomic mass is 32.2. The van der Waals surface area contributed by atoms with Crippen LogP contribution in [0.4, 0.5) is 0 Å². The number of nitrogens with one attached hydrogen (secondary N) is 1. The molecule has 0 amide bonds. The lowest BCUT2D eigenvalue weighted by atomic mass is 9.80. The molecule has 1 aliphatic carbocycles. The van der Waals surface area contributed by atoms with Gasteiger partial charge in [0, 0.05) is 11.8 Å². The first-order chi connectivity index (χ1) is 9.20. The third-order valence-electron chi connectivity index (χ3n) is 3.96. The number of hydrogen-bond donors (Lipinski definition) is 1. The zero-order chi connectivity index (χ0) is 13.7. The first-order valence-corrected chi connectivity index (χ1v) is 8.70. The van der Waals surface area contributed by atoms with Crippen LogP contribution in [0.15, 0.2) is 24.3 Å². The summed E-state index contributed by atoms with van der Waals surface area (Å²) in [6.07, 6.45) is 4.19. The van der Waals surface area contributed by atoms with Crippen molar-refractivity contribution in [3.05, 3.63) is 35.4 Å². The van der Waals surface area contributed by atoms with Gasteiger partial charge in [0.2, 0.25) is 0 Å². The van der Waals surface area contributed by atoms with Gasteiger partial charge < -0.3 is 5.32 Å². The molecule has 0 aromatic heterocycles. The van der Waals surface area contributed by atoms with Crippen molar-refractivity contribution >= 4 is 11.8 Å². The number of rotatable bonds is 7. The Morgan fingerprint density at radius 1 is 1.21 bits per heavy atom. The lowest BCUT2D eigenvalue weighted by Gasteiger charge is -2.26. The van der Waals surface area contributed by atoms with Crippen LogP contribution in [-0.4, -0.2) is 17.5 Å². The summed E-state index contributed by atoms with van der Waals surface area (Å²) in [7, 11) is 0. The summed E-state index contributed by atoms with van der Waals surface area (Å²) >= 11 is 2.04. The van der Waals surface area contributed by atoms with Gasteiger partial charge in [-0.1, -0.05) is 51.5 Å². The van der Waals surface area contributed by atoms with Gasteiger partial charge in [0.1, 0.15) is 0 Å². The minimum atomic E-state index is 0.493. The molecule has 0 spiro atoms. The predicted octanol–water partition coefficient (Wildman–Crippen LogP) is 4.75. The molecule has 1 N–H and O–H groups in total. The molecule has 1 aromatic rings. The van der Waals surface area contributed by atoms with Gasteiger partial charge in [-0.2, -0.15) is 11.8 Å². The molecule has 0 aliphatic heterocycles. The zero-order valence-corrected chi connectivity index (χ0v) is 13.3. The van der Waals surface area contributed by atoms with Gasteiger partial charge in [0.25, 0.3) is 0 Å². The highest BCUT2D eigenvalue weighted by Gasteiger charge is 2.19. The zero-order valence-electron chi connectivity index (χ0n) is 12.5. The van der Waals surface area contributed by atoms with Gasteiger partial charge in [-0.15, -0.1) is 0 Å². The molecular formula is C17H27NS. The van der Waals surface area contributed by atoms with Gasteiger partial charge in [-0.25, -0.2) is 0 Å². The second-order valence-electron chi connectivity index (χ2n) is 5.79. The van der Waals surface area contributed by atoms with Crippen molar-refractivity contribution in [2.75, 3.05) is 12.3 Å². The van der Waals surface area contributed by atoms with E-state index in [4.69, 9.17) is 0 Å². The maximum Gasteiger partial charge on any atom is 0.0411 e. The van der Waals surface area contributed by atoms with Crippen molar-refractivity contribution < 1.29 is 0 Å². The lowest BCUT2D eigenvalue weighted by molar-refractivity contribution is 0.419. The third kappa shape index (κ3) is 4.25. The molecule has 0 radical (unpaired) electrons. The van der Waals surface area contributed by atoms with Crippen LogP contribution in [0.25, 0.3) is 0 Å². The van der Waals surface area contributed by atoms with Crippen LogP contribution in [0.3, 0.4) is 0 Å². The fourth-order valence-corrected chi connectivity index (χ4v) is 3.44. The summed E-state index contributed by atoms with van der Waals surface area (Å²) in [5, 5.41) is 4.31. The lowest BCUT2D eigenvalue weighted by Crippen LogP contribution is -2.23. The second kappa shape index (κ2) is 7.35. The van der Waals surface area contributed by atoms with E-state index in [0.717, 1.165) is 18.2 Å². The summed E-state index contributed by atoms with van der Waals surface area (Å²) in [5.41, 5.74) is 2.99. The Balaban J connectivity index is 1.99. The van der Waals surface area contributed by atoms with Gasteiger partial charge in [-0.05, 0) is 41.7 Å². The standard InChI is InChI=1S/C17H27NS/c1-4-18-17(12-19-13(2)3)16-10-8-15(9-11-16)14-6-5-7-14/h8-11,13-14,17-18H,4-7,12H2,1-3H3. The number of hydrogen-bond acceptors (Lipinski definition) is 2. The largest absolute Gasteiger partial charge is 0.310 e. The Kier molecular flexibility index (Phi) is 5.77. The van der Waals surface area contributed by atoms with E-state index in [9.17, 15) is 0 Å². The molecule has 2 rings (SSSR count). The van der Waals surface area contributed by atoms with Crippen LogP contribution in [-0.2, 0) is 0 Å². The van der Waals surface area contributed by atoms with Crippen molar-refractivity contribution in [3.63, 3.8) is 0 Å². The highest BCUT2D eigenvalue weighted by molar-refractivity contribution is 7.99. The molecule has 1 aliphatic rings. The molecule has 1 saturated carbocycles. The molecule has 0 saturated heterocycles. The second-order valence-corrected chi connectivity index (χ2v) is 7.40. The van der Waals surface area contributed by atoms with E-state index in [1.54, 1.807) is 5.56 Å². The Hall–Kier alpha value is -0.470. The van der Waals surface area contributed by atoms with Crippen molar-refractivity contribution in [1.82, 2.24) is 5.32 Å². The van der Waals surface area contributed by atoms with Crippen LogP contribution in [0.1, 0.15) is 63.1 Å². The quantitative estimate of drug-likeness (QED) is 0.772. The normalized spacial score (nSPS) is 17.5. The molecule has 106 valence electrons. The minimum absolute atomic E-state index is 0.493. The van der Waals surface area contributed by atoms with Gasteiger partial charge >= 0.3 is 0 Å². The smallest absolute Gasteiger partial charge is 0.0411 e. The average molecular weight is 277 g/mol. The Labute approximate surface area is 122 Å². The van der Waals surface area contributed by atoms with Crippen LogP contribution < -0.4 is 5.32 Å². The molecule has 2 heteroatoms. The van der Waals surface area contributed by atoms with E-state index in [2.05, 4.69) is 50.4 Å². The maximum atomic E-state index is 3.61.